The number of hydrogen-bond donors (Lipinski definition) is 1. The first-order chi connectivity index (χ1) is 7.47. The first-order valence-corrected chi connectivity index (χ1v) is 6.43. The van der Waals surface area contributed by atoms with Crippen LogP contribution in [0.1, 0.15) is 46.5 Å². The molecule has 0 aromatic rings. The van der Waals surface area contributed by atoms with Crippen LogP contribution in [0.4, 0.5) is 0 Å². The third kappa shape index (κ3) is 2.57. The number of carbonyl (C=O) groups is 1. The summed E-state index contributed by atoms with van der Waals surface area (Å²) >= 11 is 0. The summed E-state index contributed by atoms with van der Waals surface area (Å²) in [6.07, 6.45) is 4.60. The second-order valence-corrected chi connectivity index (χ2v) is 6.08. The van der Waals surface area contributed by atoms with Gasteiger partial charge in [0.2, 0.25) is 0 Å². The summed E-state index contributed by atoms with van der Waals surface area (Å²) in [5, 5.41) is 3.52. The van der Waals surface area contributed by atoms with Crippen LogP contribution in [0.2, 0.25) is 0 Å². The fourth-order valence-electron chi connectivity index (χ4n) is 3.03. The van der Waals surface area contributed by atoms with Crippen LogP contribution < -0.4 is 5.32 Å². The lowest BCUT2D eigenvalue weighted by molar-refractivity contribution is -0.163. The molecule has 3 unspecified atom stereocenters. The van der Waals surface area contributed by atoms with Gasteiger partial charge in [-0.25, -0.2) is 0 Å². The predicted octanol–water partition coefficient (Wildman–Crippen LogP) is 2.11. The average molecular weight is 225 g/mol. The van der Waals surface area contributed by atoms with Gasteiger partial charge >= 0.3 is 5.97 Å². The summed E-state index contributed by atoms with van der Waals surface area (Å²) in [5.74, 6) is 0.669. The standard InChI is InChI=1S/C13H23NO2/c1-13(2,3)16-12(15)10-7-8-14-11-6-4-5-9(10)11/h9-11,14H,4-8H2,1-3H3. The van der Waals surface area contributed by atoms with Crippen LogP contribution >= 0.6 is 0 Å². The molecule has 2 rings (SSSR count). The van der Waals surface area contributed by atoms with E-state index in [1.807, 2.05) is 20.8 Å². The van der Waals surface area contributed by atoms with Crippen molar-refractivity contribution in [3.8, 4) is 0 Å². The fourth-order valence-corrected chi connectivity index (χ4v) is 3.03. The van der Waals surface area contributed by atoms with Crippen molar-refractivity contribution in [2.45, 2.75) is 58.1 Å². The normalized spacial score (nSPS) is 34.6. The number of rotatable bonds is 1. The van der Waals surface area contributed by atoms with Crippen molar-refractivity contribution in [2.24, 2.45) is 11.8 Å². The Kier molecular flexibility index (Phi) is 3.24. The maximum atomic E-state index is 12.1. The minimum Gasteiger partial charge on any atom is -0.460 e. The highest BCUT2D eigenvalue weighted by Gasteiger charge is 2.41. The van der Waals surface area contributed by atoms with Gasteiger partial charge in [-0.3, -0.25) is 4.79 Å². The number of esters is 1. The molecule has 1 N–H and O–H groups in total. The van der Waals surface area contributed by atoms with Gasteiger partial charge in [-0.05, 0) is 52.5 Å². The summed E-state index contributed by atoms with van der Waals surface area (Å²) in [4.78, 5) is 12.1. The van der Waals surface area contributed by atoms with Crippen molar-refractivity contribution in [2.75, 3.05) is 6.54 Å². The maximum Gasteiger partial charge on any atom is 0.309 e. The molecule has 0 spiro atoms. The highest BCUT2D eigenvalue weighted by molar-refractivity contribution is 5.73. The van der Waals surface area contributed by atoms with Gasteiger partial charge in [0.25, 0.3) is 0 Å². The van der Waals surface area contributed by atoms with E-state index in [9.17, 15) is 4.79 Å². The molecule has 1 heterocycles. The molecule has 0 radical (unpaired) electrons. The van der Waals surface area contributed by atoms with Crippen LogP contribution in [0.15, 0.2) is 0 Å². The van der Waals surface area contributed by atoms with E-state index in [1.54, 1.807) is 0 Å². The molecule has 0 aromatic heterocycles. The highest BCUT2D eigenvalue weighted by atomic mass is 16.6. The minimum atomic E-state index is -0.351. The molecule has 3 heteroatoms. The van der Waals surface area contributed by atoms with Gasteiger partial charge in [0.05, 0.1) is 5.92 Å². The summed E-state index contributed by atoms with van der Waals surface area (Å²) in [7, 11) is 0. The molecule has 1 saturated heterocycles. The lowest BCUT2D eigenvalue weighted by Crippen LogP contribution is -2.46. The zero-order valence-electron chi connectivity index (χ0n) is 10.6. The van der Waals surface area contributed by atoms with E-state index in [0.29, 0.717) is 12.0 Å². The van der Waals surface area contributed by atoms with Gasteiger partial charge in [-0.1, -0.05) is 6.42 Å². The summed E-state index contributed by atoms with van der Waals surface area (Å²) in [6.45, 7) is 6.79. The number of nitrogens with one attached hydrogen (secondary N) is 1. The van der Waals surface area contributed by atoms with E-state index in [0.717, 1.165) is 13.0 Å². The Morgan fingerprint density at radius 1 is 1.25 bits per heavy atom. The Labute approximate surface area is 97.9 Å². The van der Waals surface area contributed by atoms with Crippen LogP contribution in [0.3, 0.4) is 0 Å². The molecule has 1 saturated carbocycles. The van der Waals surface area contributed by atoms with Crippen molar-refractivity contribution in [3.05, 3.63) is 0 Å². The Balaban J connectivity index is 2.00. The molecule has 0 amide bonds. The van der Waals surface area contributed by atoms with Crippen LogP contribution in [0.5, 0.6) is 0 Å². The Morgan fingerprint density at radius 2 is 2.00 bits per heavy atom. The Hall–Kier alpha value is -0.570. The molecule has 1 aliphatic heterocycles. The zero-order valence-corrected chi connectivity index (χ0v) is 10.6. The van der Waals surface area contributed by atoms with Crippen LogP contribution in [-0.2, 0) is 9.53 Å². The lowest BCUT2D eigenvalue weighted by atomic mass is 9.82. The molecule has 92 valence electrons. The largest absolute Gasteiger partial charge is 0.460 e. The van der Waals surface area contributed by atoms with E-state index in [1.165, 1.54) is 19.3 Å². The fraction of sp³-hybridized carbons (Fsp3) is 0.923. The smallest absolute Gasteiger partial charge is 0.309 e. The van der Waals surface area contributed by atoms with Crippen molar-refractivity contribution in [3.63, 3.8) is 0 Å². The molecule has 2 fully saturated rings. The number of hydrogen-bond acceptors (Lipinski definition) is 3. The number of piperidine rings is 1. The number of fused-ring (bicyclic) bond motifs is 1. The summed E-state index contributed by atoms with van der Waals surface area (Å²) < 4.78 is 5.52. The monoisotopic (exact) mass is 225 g/mol. The molecule has 3 nitrogen and oxygen atoms in total. The van der Waals surface area contributed by atoms with Crippen LogP contribution in [0.25, 0.3) is 0 Å². The van der Waals surface area contributed by atoms with E-state index < -0.39 is 0 Å². The molecular formula is C13H23NO2. The summed E-state index contributed by atoms with van der Waals surface area (Å²) in [5.41, 5.74) is -0.351. The van der Waals surface area contributed by atoms with Gasteiger partial charge < -0.3 is 10.1 Å². The molecule has 1 aliphatic carbocycles. The van der Waals surface area contributed by atoms with Crippen molar-refractivity contribution < 1.29 is 9.53 Å². The first kappa shape index (κ1) is 11.9. The van der Waals surface area contributed by atoms with Crippen molar-refractivity contribution in [1.82, 2.24) is 5.32 Å². The van der Waals surface area contributed by atoms with Gasteiger partial charge in [0, 0.05) is 6.04 Å². The predicted molar refractivity (Wildman–Crippen MR) is 63.1 cm³/mol. The minimum absolute atomic E-state index is 0.0194. The highest BCUT2D eigenvalue weighted by Crippen LogP contribution is 2.37. The quantitative estimate of drug-likeness (QED) is 0.695. The van der Waals surface area contributed by atoms with Crippen molar-refractivity contribution in [1.29, 1.82) is 0 Å². The first-order valence-electron chi connectivity index (χ1n) is 6.43. The third-order valence-corrected chi connectivity index (χ3v) is 3.66. The Morgan fingerprint density at radius 3 is 2.69 bits per heavy atom. The van der Waals surface area contributed by atoms with Gasteiger partial charge in [-0.15, -0.1) is 0 Å². The van der Waals surface area contributed by atoms with Gasteiger partial charge in [0.1, 0.15) is 5.60 Å². The molecule has 3 atom stereocenters. The second kappa shape index (κ2) is 4.36. The van der Waals surface area contributed by atoms with E-state index in [4.69, 9.17) is 4.74 Å². The average Bonchev–Trinajstić information content (AvgIpc) is 2.61. The van der Waals surface area contributed by atoms with Crippen molar-refractivity contribution >= 4 is 5.97 Å². The summed E-state index contributed by atoms with van der Waals surface area (Å²) in [6, 6.07) is 0.561. The van der Waals surface area contributed by atoms with E-state index >= 15 is 0 Å². The third-order valence-electron chi connectivity index (χ3n) is 3.66. The van der Waals surface area contributed by atoms with Crippen LogP contribution in [-0.4, -0.2) is 24.2 Å². The van der Waals surface area contributed by atoms with Gasteiger partial charge in [0.15, 0.2) is 0 Å². The maximum absolute atomic E-state index is 12.1. The Bertz CT molecular complexity index is 270. The lowest BCUT2D eigenvalue weighted by Gasteiger charge is -2.34. The zero-order chi connectivity index (χ0) is 11.8. The number of carbonyl (C=O) groups excluding carboxylic acids is 1. The molecular weight excluding hydrogens is 202 g/mol. The molecule has 2 aliphatic rings. The molecule has 0 bridgehead atoms. The molecule has 16 heavy (non-hydrogen) atoms. The molecule has 0 aromatic carbocycles. The second-order valence-electron chi connectivity index (χ2n) is 6.08. The topological polar surface area (TPSA) is 38.3 Å². The number of ether oxygens (including phenoxy) is 1. The van der Waals surface area contributed by atoms with Crippen LogP contribution in [0, 0.1) is 11.8 Å². The van der Waals surface area contributed by atoms with E-state index in [2.05, 4.69) is 5.32 Å². The van der Waals surface area contributed by atoms with E-state index in [-0.39, 0.29) is 17.5 Å². The SMILES string of the molecule is CC(C)(C)OC(=O)C1CCNC2CCCC21. The van der Waals surface area contributed by atoms with Gasteiger partial charge in [-0.2, -0.15) is 0 Å².